The number of piperidine rings is 1. The number of aryl methyl sites for hydroxylation is 1. The largest absolute Gasteiger partial charge is 0.322 e. The van der Waals surface area contributed by atoms with Crippen LogP contribution in [-0.4, -0.2) is 41.6 Å². The Balaban J connectivity index is 1.84. The normalized spacial score (nSPS) is 15.2. The first-order valence-corrected chi connectivity index (χ1v) is 10.3. The number of carbonyl (C=O) groups is 1. The van der Waals surface area contributed by atoms with E-state index in [1.807, 2.05) is 0 Å². The Morgan fingerprint density at radius 2 is 1.93 bits per heavy atom. The molecule has 1 aromatic carbocycles. The van der Waals surface area contributed by atoms with Crippen molar-refractivity contribution >= 4 is 27.3 Å². The van der Waals surface area contributed by atoms with E-state index in [2.05, 4.69) is 10.3 Å². The lowest BCUT2D eigenvalue weighted by atomic mass is 10.1. The van der Waals surface area contributed by atoms with E-state index in [0.717, 1.165) is 31.5 Å². The summed E-state index contributed by atoms with van der Waals surface area (Å²) in [6.45, 7) is 2.53. The molecule has 1 aromatic heterocycles. The van der Waals surface area contributed by atoms with E-state index < -0.39 is 20.9 Å². The zero-order valence-electron chi connectivity index (χ0n) is 15.3. The SMILES string of the molecule is Cc1ncc([N+](=O)[O-])cc1C(=O)Nc1cccc(S(=O)(=O)N2CCCCC2)c1. The summed E-state index contributed by atoms with van der Waals surface area (Å²) in [5.41, 5.74) is 0.379. The first-order chi connectivity index (χ1) is 13.3. The minimum Gasteiger partial charge on any atom is -0.322 e. The van der Waals surface area contributed by atoms with Crippen LogP contribution < -0.4 is 5.32 Å². The molecular formula is C18H20N4O5S. The van der Waals surface area contributed by atoms with Gasteiger partial charge in [-0.3, -0.25) is 19.9 Å². The van der Waals surface area contributed by atoms with Gasteiger partial charge in [-0.15, -0.1) is 0 Å². The standard InChI is InChI=1S/C18H20N4O5S/c1-13-17(11-15(12-19-13)22(24)25)18(23)20-14-6-5-7-16(10-14)28(26,27)21-8-3-2-4-9-21/h5-7,10-12H,2-4,8-9H2,1H3,(H,20,23). The Morgan fingerprint density at radius 3 is 2.61 bits per heavy atom. The van der Waals surface area contributed by atoms with Gasteiger partial charge in [-0.1, -0.05) is 12.5 Å². The number of nitrogens with one attached hydrogen (secondary N) is 1. The van der Waals surface area contributed by atoms with Gasteiger partial charge < -0.3 is 5.32 Å². The highest BCUT2D eigenvalue weighted by molar-refractivity contribution is 7.89. The van der Waals surface area contributed by atoms with Gasteiger partial charge in [0.25, 0.3) is 11.6 Å². The molecule has 148 valence electrons. The van der Waals surface area contributed by atoms with Crippen molar-refractivity contribution in [2.45, 2.75) is 31.1 Å². The van der Waals surface area contributed by atoms with Crippen LogP contribution in [0.25, 0.3) is 0 Å². The van der Waals surface area contributed by atoms with Crippen LogP contribution in [0.3, 0.4) is 0 Å². The fraction of sp³-hybridized carbons (Fsp3) is 0.333. The molecule has 2 heterocycles. The van der Waals surface area contributed by atoms with Gasteiger partial charge >= 0.3 is 0 Å². The average molecular weight is 404 g/mol. The van der Waals surface area contributed by atoms with E-state index in [0.29, 0.717) is 18.8 Å². The quantitative estimate of drug-likeness (QED) is 0.604. The lowest BCUT2D eigenvalue weighted by molar-refractivity contribution is -0.385. The predicted octanol–water partition coefficient (Wildman–Crippen LogP) is 2.73. The molecule has 3 rings (SSSR count). The Labute approximate surface area is 162 Å². The van der Waals surface area contributed by atoms with E-state index in [1.165, 1.54) is 16.4 Å². The molecule has 1 amide bonds. The molecule has 0 radical (unpaired) electrons. The van der Waals surface area contributed by atoms with Gasteiger partial charge in [-0.2, -0.15) is 4.31 Å². The molecule has 1 aliphatic heterocycles. The molecule has 0 unspecified atom stereocenters. The number of hydrogen-bond acceptors (Lipinski definition) is 6. The van der Waals surface area contributed by atoms with Crippen molar-refractivity contribution in [3.63, 3.8) is 0 Å². The summed E-state index contributed by atoms with van der Waals surface area (Å²) in [4.78, 5) is 26.8. The molecule has 10 heteroatoms. The molecule has 0 spiro atoms. The lowest BCUT2D eigenvalue weighted by Crippen LogP contribution is -2.35. The van der Waals surface area contributed by atoms with E-state index >= 15 is 0 Å². The van der Waals surface area contributed by atoms with Crippen LogP contribution in [0.4, 0.5) is 11.4 Å². The second-order valence-corrected chi connectivity index (χ2v) is 8.47. The van der Waals surface area contributed by atoms with Crippen LogP contribution in [0.15, 0.2) is 41.4 Å². The first kappa shape index (κ1) is 19.9. The molecule has 28 heavy (non-hydrogen) atoms. The number of nitro groups is 1. The third-order valence-corrected chi connectivity index (χ3v) is 6.47. The summed E-state index contributed by atoms with van der Waals surface area (Å²) in [6.07, 6.45) is 3.75. The van der Waals surface area contributed by atoms with Crippen molar-refractivity contribution in [1.82, 2.24) is 9.29 Å². The highest BCUT2D eigenvalue weighted by Crippen LogP contribution is 2.23. The van der Waals surface area contributed by atoms with Gasteiger partial charge in [0.05, 0.1) is 21.1 Å². The fourth-order valence-electron chi connectivity index (χ4n) is 3.04. The average Bonchev–Trinajstić information content (AvgIpc) is 2.69. The number of anilines is 1. The molecule has 0 bridgehead atoms. The highest BCUT2D eigenvalue weighted by atomic mass is 32.2. The maximum Gasteiger partial charge on any atom is 0.288 e. The summed E-state index contributed by atoms with van der Waals surface area (Å²) >= 11 is 0. The number of benzene rings is 1. The smallest absolute Gasteiger partial charge is 0.288 e. The Hall–Kier alpha value is -2.85. The van der Waals surface area contributed by atoms with Crippen molar-refractivity contribution < 1.29 is 18.1 Å². The molecule has 1 saturated heterocycles. The zero-order valence-corrected chi connectivity index (χ0v) is 16.1. The van der Waals surface area contributed by atoms with Crippen LogP contribution in [0.1, 0.15) is 35.3 Å². The molecule has 2 aromatic rings. The number of carbonyl (C=O) groups excluding carboxylic acids is 1. The predicted molar refractivity (Wildman–Crippen MR) is 103 cm³/mol. The van der Waals surface area contributed by atoms with E-state index in [1.54, 1.807) is 19.1 Å². The minimum absolute atomic E-state index is 0.0542. The molecular weight excluding hydrogens is 384 g/mol. The van der Waals surface area contributed by atoms with Crippen molar-refractivity contribution in [1.29, 1.82) is 0 Å². The van der Waals surface area contributed by atoms with Crippen LogP contribution in [-0.2, 0) is 10.0 Å². The summed E-state index contributed by atoms with van der Waals surface area (Å²) in [6, 6.07) is 7.13. The maximum absolute atomic E-state index is 12.8. The Bertz CT molecular complexity index is 1020. The summed E-state index contributed by atoms with van der Waals surface area (Å²) in [5.74, 6) is -0.596. The van der Waals surface area contributed by atoms with Gasteiger partial charge in [0, 0.05) is 24.8 Å². The second kappa shape index (κ2) is 8.03. The second-order valence-electron chi connectivity index (χ2n) is 6.53. The molecule has 0 saturated carbocycles. The lowest BCUT2D eigenvalue weighted by Gasteiger charge is -2.26. The maximum atomic E-state index is 12.8. The zero-order chi connectivity index (χ0) is 20.3. The van der Waals surface area contributed by atoms with E-state index in [9.17, 15) is 23.3 Å². The van der Waals surface area contributed by atoms with Crippen LogP contribution >= 0.6 is 0 Å². The molecule has 1 N–H and O–H groups in total. The summed E-state index contributed by atoms with van der Waals surface area (Å²) in [5, 5.41) is 13.5. The van der Waals surface area contributed by atoms with Crippen LogP contribution in [0.5, 0.6) is 0 Å². The minimum atomic E-state index is -3.63. The summed E-state index contributed by atoms with van der Waals surface area (Å²) < 4.78 is 27.0. The number of aromatic nitrogens is 1. The number of sulfonamides is 1. The monoisotopic (exact) mass is 404 g/mol. The first-order valence-electron chi connectivity index (χ1n) is 8.81. The number of rotatable bonds is 5. The van der Waals surface area contributed by atoms with Gasteiger partial charge in [0.2, 0.25) is 10.0 Å². The Kier molecular flexibility index (Phi) is 5.71. The highest BCUT2D eigenvalue weighted by Gasteiger charge is 2.26. The van der Waals surface area contributed by atoms with Gasteiger partial charge in [0.1, 0.15) is 6.20 Å². The molecule has 1 fully saturated rings. The molecule has 9 nitrogen and oxygen atoms in total. The van der Waals surface area contributed by atoms with E-state index in [4.69, 9.17) is 0 Å². The Morgan fingerprint density at radius 1 is 1.21 bits per heavy atom. The van der Waals surface area contributed by atoms with Crippen molar-refractivity contribution in [3.8, 4) is 0 Å². The van der Waals surface area contributed by atoms with Crippen molar-refractivity contribution in [2.75, 3.05) is 18.4 Å². The number of nitrogens with zero attached hydrogens (tertiary/aromatic N) is 3. The van der Waals surface area contributed by atoms with Crippen molar-refractivity contribution in [2.24, 2.45) is 0 Å². The van der Waals surface area contributed by atoms with Crippen LogP contribution in [0, 0.1) is 17.0 Å². The molecule has 1 aliphatic rings. The van der Waals surface area contributed by atoms with Crippen LogP contribution in [0.2, 0.25) is 0 Å². The molecule has 0 aliphatic carbocycles. The van der Waals surface area contributed by atoms with E-state index in [-0.39, 0.29) is 21.8 Å². The third-order valence-electron chi connectivity index (χ3n) is 4.57. The topological polar surface area (TPSA) is 123 Å². The summed E-state index contributed by atoms with van der Waals surface area (Å²) in [7, 11) is -3.63. The van der Waals surface area contributed by atoms with Crippen molar-refractivity contribution in [3.05, 3.63) is 57.9 Å². The number of hydrogen-bond donors (Lipinski definition) is 1. The fourth-order valence-corrected chi connectivity index (χ4v) is 4.60. The van der Waals surface area contributed by atoms with Gasteiger partial charge in [0.15, 0.2) is 0 Å². The molecule has 0 atom stereocenters. The number of amides is 1. The third kappa shape index (κ3) is 4.18. The van der Waals surface area contributed by atoms with Gasteiger partial charge in [-0.25, -0.2) is 8.42 Å². The van der Waals surface area contributed by atoms with Gasteiger partial charge in [-0.05, 0) is 38.0 Å². The number of pyridine rings is 1.